The van der Waals surface area contributed by atoms with E-state index in [1.165, 1.54) is 0 Å². The third kappa shape index (κ3) is 6.67. The molecule has 0 fully saturated rings. The van der Waals surface area contributed by atoms with Crippen LogP contribution in [-0.4, -0.2) is 25.0 Å². The van der Waals surface area contributed by atoms with Crippen LogP contribution < -0.4 is 10.1 Å². The lowest BCUT2D eigenvalue weighted by atomic mass is 10.1. The molecule has 1 amide bonds. The Morgan fingerprint density at radius 1 is 1.00 bits per heavy atom. The van der Waals surface area contributed by atoms with Crippen LogP contribution in [0.4, 0.5) is 0 Å². The van der Waals surface area contributed by atoms with Crippen LogP contribution >= 0.6 is 0 Å². The molecule has 5 nitrogen and oxygen atoms in total. The molecule has 0 bridgehead atoms. The predicted molar refractivity (Wildman–Crippen MR) is 95.2 cm³/mol. The molecule has 0 radical (unpaired) electrons. The number of nitrogens with one attached hydrogen (secondary N) is 1. The summed E-state index contributed by atoms with van der Waals surface area (Å²) >= 11 is 0. The Morgan fingerprint density at radius 2 is 1.72 bits per heavy atom. The molecule has 0 atom stereocenters. The molecule has 0 aliphatic heterocycles. The van der Waals surface area contributed by atoms with Crippen molar-refractivity contribution < 1.29 is 19.1 Å². The van der Waals surface area contributed by atoms with Crippen LogP contribution in [0.25, 0.3) is 0 Å². The molecule has 5 heteroatoms. The van der Waals surface area contributed by atoms with Gasteiger partial charge in [-0.05, 0) is 30.5 Å². The first-order chi connectivity index (χ1) is 12.2. The summed E-state index contributed by atoms with van der Waals surface area (Å²) in [5, 5.41) is 2.59. The molecule has 2 aromatic carbocycles. The monoisotopic (exact) mass is 341 g/mol. The van der Waals surface area contributed by atoms with E-state index in [1.807, 2.05) is 61.5 Å². The summed E-state index contributed by atoms with van der Waals surface area (Å²) in [5.41, 5.74) is 1.89. The summed E-state index contributed by atoms with van der Waals surface area (Å²) < 4.78 is 10.7. The van der Waals surface area contributed by atoms with Gasteiger partial charge in [-0.1, -0.05) is 48.5 Å². The van der Waals surface area contributed by atoms with Crippen molar-refractivity contribution in [2.45, 2.75) is 26.4 Å². The van der Waals surface area contributed by atoms with Crippen molar-refractivity contribution in [3.8, 4) is 5.75 Å². The van der Waals surface area contributed by atoms with E-state index < -0.39 is 5.97 Å². The quantitative estimate of drug-likeness (QED) is 0.712. The molecule has 25 heavy (non-hydrogen) atoms. The fourth-order valence-electron chi connectivity index (χ4n) is 2.30. The van der Waals surface area contributed by atoms with Crippen molar-refractivity contribution in [3.63, 3.8) is 0 Å². The first kappa shape index (κ1) is 18.5. The third-order valence-corrected chi connectivity index (χ3v) is 3.57. The van der Waals surface area contributed by atoms with Crippen molar-refractivity contribution in [3.05, 3.63) is 65.7 Å². The number of hydrogen-bond acceptors (Lipinski definition) is 4. The van der Waals surface area contributed by atoms with Crippen molar-refractivity contribution in [2.24, 2.45) is 0 Å². The number of benzene rings is 2. The summed E-state index contributed by atoms with van der Waals surface area (Å²) in [5.74, 6) is 0.148. The molecule has 0 aliphatic carbocycles. The standard InChI is InChI=1S/C20H23NO4/c1-2-24-18-11-7-6-10-17(18)12-13-19(22)21-14-20(23)25-15-16-8-4-3-5-9-16/h3-11H,2,12-15H2,1H3,(H,21,22). The Labute approximate surface area is 148 Å². The number of aryl methyl sites for hydroxylation is 1. The molecule has 0 spiro atoms. The minimum atomic E-state index is -0.452. The molecule has 132 valence electrons. The maximum Gasteiger partial charge on any atom is 0.325 e. The molecular weight excluding hydrogens is 318 g/mol. The van der Waals surface area contributed by atoms with Gasteiger partial charge in [0.05, 0.1) is 6.61 Å². The highest BCUT2D eigenvalue weighted by Crippen LogP contribution is 2.19. The highest BCUT2D eigenvalue weighted by Gasteiger charge is 2.09. The number of carbonyl (C=O) groups is 2. The van der Waals surface area contributed by atoms with E-state index in [-0.39, 0.29) is 25.5 Å². The topological polar surface area (TPSA) is 64.6 Å². The minimum Gasteiger partial charge on any atom is -0.494 e. The van der Waals surface area contributed by atoms with E-state index in [9.17, 15) is 9.59 Å². The van der Waals surface area contributed by atoms with E-state index >= 15 is 0 Å². The molecular formula is C20H23NO4. The number of para-hydroxylation sites is 1. The molecule has 0 aliphatic rings. The Bertz CT molecular complexity index is 685. The van der Waals surface area contributed by atoms with Crippen LogP contribution in [0.2, 0.25) is 0 Å². The molecule has 0 aromatic heterocycles. The zero-order chi connectivity index (χ0) is 17.9. The Morgan fingerprint density at radius 3 is 2.48 bits per heavy atom. The number of amides is 1. The van der Waals surface area contributed by atoms with E-state index in [1.54, 1.807) is 0 Å². The normalized spacial score (nSPS) is 10.1. The van der Waals surface area contributed by atoms with Crippen molar-refractivity contribution in [2.75, 3.05) is 13.2 Å². The van der Waals surface area contributed by atoms with Gasteiger partial charge in [-0.2, -0.15) is 0 Å². The maximum atomic E-state index is 11.9. The molecule has 0 heterocycles. The lowest BCUT2D eigenvalue weighted by Gasteiger charge is -2.10. The zero-order valence-electron chi connectivity index (χ0n) is 14.4. The Hall–Kier alpha value is -2.82. The molecule has 2 rings (SSSR count). The molecule has 0 saturated carbocycles. The summed E-state index contributed by atoms with van der Waals surface area (Å²) in [4.78, 5) is 23.6. The second kappa shape index (κ2) is 10.1. The fraction of sp³-hybridized carbons (Fsp3) is 0.300. The van der Waals surface area contributed by atoms with Crippen LogP contribution in [-0.2, 0) is 27.4 Å². The largest absolute Gasteiger partial charge is 0.494 e. The molecule has 2 aromatic rings. The first-order valence-corrected chi connectivity index (χ1v) is 8.36. The van der Waals surface area contributed by atoms with Crippen LogP contribution in [0.1, 0.15) is 24.5 Å². The van der Waals surface area contributed by atoms with E-state index in [2.05, 4.69) is 5.32 Å². The number of hydrogen-bond donors (Lipinski definition) is 1. The van der Waals surface area contributed by atoms with Gasteiger partial charge < -0.3 is 14.8 Å². The SMILES string of the molecule is CCOc1ccccc1CCC(=O)NCC(=O)OCc1ccccc1. The number of rotatable bonds is 9. The average molecular weight is 341 g/mol. The highest BCUT2D eigenvalue weighted by molar-refractivity contribution is 5.82. The minimum absolute atomic E-state index is 0.126. The summed E-state index contributed by atoms with van der Waals surface area (Å²) in [7, 11) is 0. The van der Waals surface area contributed by atoms with Gasteiger partial charge in [0.25, 0.3) is 0 Å². The summed E-state index contributed by atoms with van der Waals surface area (Å²) in [6.45, 7) is 2.58. The zero-order valence-corrected chi connectivity index (χ0v) is 14.4. The van der Waals surface area contributed by atoms with E-state index in [0.29, 0.717) is 13.0 Å². The number of ether oxygens (including phenoxy) is 2. The van der Waals surface area contributed by atoms with E-state index in [4.69, 9.17) is 9.47 Å². The molecule has 0 saturated heterocycles. The predicted octanol–water partition coefficient (Wildman–Crippen LogP) is 2.88. The van der Waals surface area contributed by atoms with Crippen LogP contribution in [0.15, 0.2) is 54.6 Å². The van der Waals surface area contributed by atoms with Gasteiger partial charge in [-0.3, -0.25) is 9.59 Å². The molecule has 0 unspecified atom stereocenters. The van der Waals surface area contributed by atoms with Gasteiger partial charge in [0.15, 0.2) is 0 Å². The van der Waals surface area contributed by atoms with Gasteiger partial charge in [0.1, 0.15) is 18.9 Å². The van der Waals surface area contributed by atoms with Crippen molar-refractivity contribution in [1.82, 2.24) is 5.32 Å². The van der Waals surface area contributed by atoms with Crippen LogP contribution in [0.3, 0.4) is 0 Å². The fourth-order valence-corrected chi connectivity index (χ4v) is 2.30. The van der Waals surface area contributed by atoms with Gasteiger partial charge in [-0.25, -0.2) is 0 Å². The van der Waals surface area contributed by atoms with Gasteiger partial charge in [-0.15, -0.1) is 0 Å². The van der Waals surface area contributed by atoms with Crippen molar-refractivity contribution in [1.29, 1.82) is 0 Å². The summed E-state index contributed by atoms with van der Waals surface area (Å²) in [6.07, 6.45) is 0.844. The average Bonchev–Trinajstić information content (AvgIpc) is 2.65. The second-order valence-electron chi connectivity index (χ2n) is 5.46. The van der Waals surface area contributed by atoms with Crippen LogP contribution in [0.5, 0.6) is 5.75 Å². The Kier molecular flexibility index (Phi) is 7.50. The first-order valence-electron chi connectivity index (χ1n) is 8.36. The lowest BCUT2D eigenvalue weighted by molar-refractivity contribution is -0.145. The van der Waals surface area contributed by atoms with Gasteiger partial charge in [0, 0.05) is 6.42 Å². The number of esters is 1. The smallest absolute Gasteiger partial charge is 0.325 e. The van der Waals surface area contributed by atoms with E-state index in [0.717, 1.165) is 16.9 Å². The third-order valence-electron chi connectivity index (χ3n) is 3.57. The van der Waals surface area contributed by atoms with Gasteiger partial charge >= 0.3 is 5.97 Å². The van der Waals surface area contributed by atoms with Gasteiger partial charge in [0.2, 0.25) is 5.91 Å². The Balaban J connectivity index is 1.69. The molecule has 1 N–H and O–H groups in total. The second-order valence-corrected chi connectivity index (χ2v) is 5.46. The summed E-state index contributed by atoms with van der Waals surface area (Å²) in [6, 6.07) is 17.0. The van der Waals surface area contributed by atoms with Crippen molar-refractivity contribution >= 4 is 11.9 Å². The lowest BCUT2D eigenvalue weighted by Crippen LogP contribution is -2.30. The van der Waals surface area contributed by atoms with Crippen LogP contribution in [0, 0.1) is 0 Å². The highest BCUT2D eigenvalue weighted by atomic mass is 16.5. The maximum absolute atomic E-state index is 11.9. The number of carbonyl (C=O) groups excluding carboxylic acids is 2.